The number of nitrogens with zero attached hydrogens (tertiary/aromatic N) is 1. The molecule has 1 N–H and O–H groups in total. The van der Waals surface area contributed by atoms with Crippen molar-refractivity contribution in [3.63, 3.8) is 0 Å². The Kier molecular flexibility index (Phi) is 4.76. The van der Waals surface area contributed by atoms with Gasteiger partial charge >= 0.3 is 0 Å². The first-order valence-electron chi connectivity index (χ1n) is 8.05. The van der Waals surface area contributed by atoms with Crippen LogP contribution in [0.5, 0.6) is 5.75 Å². The van der Waals surface area contributed by atoms with Crippen molar-refractivity contribution < 1.29 is 9.53 Å². The second-order valence-electron chi connectivity index (χ2n) is 5.94. The van der Waals surface area contributed by atoms with Crippen LogP contribution in [0, 0.1) is 0 Å². The number of carbonyl (C=O) groups excluding carboxylic acids is 1. The summed E-state index contributed by atoms with van der Waals surface area (Å²) in [6, 6.07) is 8.22. The summed E-state index contributed by atoms with van der Waals surface area (Å²) in [4.78, 5) is 14.1. The largest absolute Gasteiger partial charge is 0.493 e. The van der Waals surface area contributed by atoms with Crippen LogP contribution in [0.15, 0.2) is 24.3 Å². The molecule has 2 aliphatic rings. The van der Waals surface area contributed by atoms with Crippen molar-refractivity contribution in [3.05, 3.63) is 29.8 Å². The number of carbonyl (C=O) groups is 1. The van der Waals surface area contributed by atoms with Crippen LogP contribution in [0.1, 0.15) is 37.2 Å². The minimum absolute atomic E-state index is 0.245. The average molecular weight is 288 g/mol. The molecule has 3 rings (SSSR count). The van der Waals surface area contributed by atoms with Crippen molar-refractivity contribution in [3.8, 4) is 5.75 Å². The molecular formula is C17H24N2O2. The third kappa shape index (κ3) is 3.56. The number of benzene rings is 1. The lowest BCUT2D eigenvalue weighted by molar-refractivity contribution is -0.131. The molecule has 1 amide bonds. The van der Waals surface area contributed by atoms with Gasteiger partial charge in [-0.3, -0.25) is 4.79 Å². The molecule has 4 nitrogen and oxygen atoms in total. The Balaban J connectivity index is 1.48. The van der Waals surface area contributed by atoms with Gasteiger partial charge in [0, 0.05) is 25.6 Å². The summed E-state index contributed by atoms with van der Waals surface area (Å²) in [7, 11) is 0. The van der Waals surface area contributed by atoms with E-state index in [-0.39, 0.29) is 5.91 Å². The van der Waals surface area contributed by atoms with Gasteiger partial charge in [-0.05, 0) is 37.3 Å². The van der Waals surface area contributed by atoms with E-state index in [1.807, 2.05) is 17.0 Å². The van der Waals surface area contributed by atoms with Crippen molar-refractivity contribution in [1.82, 2.24) is 10.2 Å². The zero-order valence-corrected chi connectivity index (χ0v) is 12.5. The van der Waals surface area contributed by atoms with Crippen molar-refractivity contribution in [1.29, 1.82) is 0 Å². The molecule has 0 spiro atoms. The maximum atomic E-state index is 12.1. The lowest BCUT2D eigenvalue weighted by Crippen LogP contribution is -2.42. The maximum Gasteiger partial charge on any atom is 0.236 e. The number of hydrogen-bond donors (Lipinski definition) is 1. The van der Waals surface area contributed by atoms with Gasteiger partial charge in [0.15, 0.2) is 0 Å². The van der Waals surface area contributed by atoms with Gasteiger partial charge in [-0.1, -0.05) is 18.2 Å². The summed E-state index contributed by atoms with van der Waals surface area (Å²) in [5.41, 5.74) is 1.27. The van der Waals surface area contributed by atoms with Gasteiger partial charge in [0.25, 0.3) is 0 Å². The molecule has 2 aliphatic heterocycles. The van der Waals surface area contributed by atoms with Crippen LogP contribution in [0.25, 0.3) is 0 Å². The number of amides is 1. The van der Waals surface area contributed by atoms with Gasteiger partial charge in [0.05, 0.1) is 13.2 Å². The minimum Gasteiger partial charge on any atom is -0.493 e. The van der Waals surface area contributed by atoms with Gasteiger partial charge < -0.3 is 15.0 Å². The topological polar surface area (TPSA) is 41.6 Å². The summed E-state index contributed by atoms with van der Waals surface area (Å²) in [5, 5.41) is 3.35. The van der Waals surface area contributed by atoms with E-state index in [9.17, 15) is 4.79 Å². The Hall–Kier alpha value is -1.55. The van der Waals surface area contributed by atoms with Gasteiger partial charge in [-0.2, -0.15) is 0 Å². The van der Waals surface area contributed by atoms with Gasteiger partial charge in [-0.15, -0.1) is 0 Å². The fourth-order valence-corrected chi connectivity index (χ4v) is 3.24. The Bertz CT molecular complexity index is 483. The highest BCUT2D eigenvalue weighted by atomic mass is 16.5. The number of fused-ring (bicyclic) bond motifs is 1. The highest BCUT2D eigenvalue weighted by Gasteiger charge is 2.21. The summed E-state index contributed by atoms with van der Waals surface area (Å²) in [5.74, 6) is 1.69. The Morgan fingerprint density at radius 1 is 1.24 bits per heavy atom. The van der Waals surface area contributed by atoms with E-state index in [0.717, 1.165) is 51.3 Å². The molecule has 0 saturated carbocycles. The molecule has 1 fully saturated rings. The molecule has 0 aliphatic carbocycles. The molecule has 0 bridgehead atoms. The lowest BCUT2D eigenvalue weighted by Gasteiger charge is -2.28. The first-order valence-corrected chi connectivity index (χ1v) is 8.05. The Labute approximate surface area is 126 Å². The van der Waals surface area contributed by atoms with E-state index in [2.05, 4.69) is 17.4 Å². The summed E-state index contributed by atoms with van der Waals surface area (Å²) >= 11 is 0. The van der Waals surface area contributed by atoms with E-state index < -0.39 is 0 Å². The molecule has 1 atom stereocenters. The number of hydrogen-bond acceptors (Lipinski definition) is 3. The maximum absolute atomic E-state index is 12.1. The molecule has 1 saturated heterocycles. The molecular weight excluding hydrogens is 264 g/mol. The van der Waals surface area contributed by atoms with Crippen LogP contribution in [0.3, 0.4) is 0 Å². The van der Waals surface area contributed by atoms with Gasteiger partial charge in [-0.25, -0.2) is 0 Å². The predicted octanol–water partition coefficient (Wildman–Crippen LogP) is 2.15. The van der Waals surface area contributed by atoms with Crippen LogP contribution in [-0.2, 0) is 4.79 Å². The molecule has 114 valence electrons. The van der Waals surface area contributed by atoms with Crippen molar-refractivity contribution in [2.24, 2.45) is 0 Å². The molecule has 4 heteroatoms. The monoisotopic (exact) mass is 288 g/mol. The summed E-state index contributed by atoms with van der Waals surface area (Å²) in [6.45, 7) is 3.93. The normalized spacial score (nSPS) is 21.5. The first kappa shape index (κ1) is 14.4. The summed E-state index contributed by atoms with van der Waals surface area (Å²) in [6.07, 6.45) is 4.58. The summed E-state index contributed by atoms with van der Waals surface area (Å²) < 4.78 is 5.67. The number of nitrogens with one attached hydrogen (secondary N) is 1. The molecule has 0 radical (unpaired) electrons. The second kappa shape index (κ2) is 6.94. The van der Waals surface area contributed by atoms with Crippen LogP contribution in [-0.4, -0.2) is 43.6 Å². The van der Waals surface area contributed by atoms with E-state index in [0.29, 0.717) is 12.5 Å². The molecule has 2 heterocycles. The van der Waals surface area contributed by atoms with Crippen molar-refractivity contribution in [2.75, 3.05) is 32.8 Å². The number of ether oxygens (including phenoxy) is 1. The molecule has 1 unspecified atom stereocenters. The zero-order valence-electron chi connectivity index (χ0n) is 12.5. The highest BCUT2D eigenvalue weighted by molar-refractivity contribution is 5.78. The predicted molar refractivity (Wildman–Crippen MR) is 82.6 cm³/mol. The van der Waals surface area contributed by atoms with Crippen LogP contribution in [0.2, 0.25) is 0 Å². The van der Waals surface area contributed by atoms with Crippen LogP contribution < -0.4 is 10.1 Å². The Morgan fingerprint density at radius 3 is 2.90 bits per heavy atom. The molecule has 1 aromatic carbocycles. The van der Waals surface area contributed by atoms with E-state index in [1.54, 1.807) is 0 Å². The Morgan fingerprint density at radius 2 is 2.05 bits per heavy atom. The molecule has 1 aromatic rings. The average Bonchev–Trinajstić information content (AvgIpc) is 2.56. The lowest BCUT2D eigenvalue weighted by atomic mass is 9.93. The number of para-hydroxylation sites is 1. The fourth-order valence-electron chi connectivity index (χ4n) is 3.24. The van der Waals surface area contributed by atoms with Crippen molar-refractivity contribution >= 4 is 5.91 Å². The van der Waals surface area contributed by atoms with E-state index >= 15 is 0 Å². The molecule has 21 heavy (non-hydrogen) atoms. The van der Waals surface area contributed by atoms with Gasteiger partial charge in [0.1, 0.15) is 5.75 Å². The number of rotatable bonds is 4. The second-order valence-corrected chi connectivity index (χ2v) is 5.94. The quantitative estimate of drug-likeness (QED) is 0.923. The van der Waals surface area contributed by atoms with Gasteiger partial charge in [0.2, 0.25) is 5.91 Å². The third-order valence-corrected chi connectivity index (χ3v) is 4.46. The number of piperidine rings is 1. The van der Waals surface area contributed by atoms with E-state index in [1.165, 1.54) is 12.0 Å². The first-order chi connectivity index (χ1) is 10.3. The standard InChI is InChI=1S/C17H24N2O2/c20-17(19-9-4-1-5-10-19)13-18-12-14-8-11-21-16-7-3-2-6-15(14)16/h2-3,6-7,14,18H,1,4-5,8-13H2. The zero-order chi connectivity index (χ0) is 14.5. The highest BCUT2D eigenvalue weighted by Crippen LogP contribution is 2.32. The van der Waals surface area contributed by atoms with E-state index in [4.69, 9.17) is 4.74 Å². The third-order valence-electron chi connectivity index (χ3n) is 4.46. The van der Waals surface area contributed by atoms with Crippen LogP contribution >= 0.6 is 0 Å². The SMILES string of the molecule is O=C(CNCC1CCOc2ccccc21)N1CCCCC1. The van der Waals surface area contributed by atoms with Crippen molar-refractivity contribution in [2.45, 2.75) is 31.6 Å². The smallest absolute Gasteiger partial charge is 0.236 e. The number of likely N-dealkylation sites (tertiary alicyclic amines) is 1. The van der Waals surface area contributed by atoms with Crippen LogP contribution in [0.4, 0.5) is 0 Å². The minimum atomic E-state index is 0.245. The molecule has 0 aromatic heterocycles. The fraction of sp³-hybridized carbons (Fsp3) is 0.588.